The van der Waals surface area contributed by atoms with E-state index in [2.05, 4.69) is 0 Å². The predicted octanol–water partition coefficient (Wildman–Crippen LogP) is 5.51. The van der Waals surface area contributed by atoms with E-state index in [0.717, 1.165) is 16.7 Å². The molecule has 0 bridgehead atoms. The van der Waals surface area contributed by atoms with Crippen LogP contribution in [0.4, 0.5) is 0 Å². The molecule has 0 saturated heterocycles. The number of carbonyl (C=O) groups excluding carboxylic acids is 2. The van der Waals surface area contributed by atoms with Gasteiger partial charge in [0.05, 0.1) is 0 Å². The van der Waals surface area contributed by atoms with Crippen molar-refractivity contribution < 1.29 is 14.3 Å². The first-order chi connectivity index (χ1) is 13.6. The summed E-state index contributed by atoms with van der Waals surface area (Å²) >= 11 is 0. The van der Waals surface area contributed by atoms with Crippen LogP contribution in [0.1, 0.15) is 27.0 Å². The Morgan fingerprint density at radius 1 is 0.714 bits per heavy atom. The highest BCUT2D eigenvalue weighted by molar-refractivity contribution is 6.06. The Balaban J connectivity index is 1.57. The number of allylic oxidation sites excluding steroid dienone is 1. The van der Waals surface area contributed by atoms with E-state index in [1.54, 1.807) is 36.4 Å². The maximum atomic E-state index is 12.2. The molecule has 0 aliphatic heterocycles. The summed E-state index contributed by atoms with van der Waals surface area (Å²) < 4.78 is 5.28. The fourth-order valence-corrected chi connectivity index (χ4v) is 2.51. The van der Waals surface area contributed by atoms with Crippen molar-refractivity contribution in [3.05, 3.63) is 113 Å². The molecule has 0 radical (unpaired) electrons. The van der Waals surface area contributed by atoms with E-state index in [4.69, 9.17) is 4.74 Å². The van der Waals surface area contributed by atoms with Crippen LogP contribution in [-0.2, 0) is 4.79 Å². The molecule has 138 valence electrons. The molecule has 3 aromatic rings. The topological polar surface area (TPSA) is 43.4 Å². The molecular formula is C25H20O3. The SMILES string of the molecule is Cc1ccc(C(=O)/C=C/c2ccc(OC(=O)/C=C/c3ccccc3)cc2)cc1. The van der Waals surface area contributed by atoms with Gasteiger partial charge in [0, 0.05) is 11.6 Å². The molecule has 3 heteroatoms. The molecule has 0 unspecified atom stereocenters. The van der Waals surface area contributed by atoms with Gasteiger partial charge in [-0.15, -0.1) is 0 Å². The van der Waals surface area contributed by atoms with Crippen molar-refractivity contribution in [3.63, 3.8) is 0 Å². The summed E-state index contributed by atoms with van der Waals surface area (Å²) in [6, 6.07) is 24.0. The van der Waals surface area contributed by atoms with Crippen LogP contribution in [0.2, 0.25) is 0 Å². The molecule has 3 aromatic carbocycles. The van der Waals surface area contributed by atoms with Gasteiger partial charge in [-0.3, -0.25) is 4.79 Å². The van der Waals surface area contributed by atoms with Crippen LogP contribution in [0.25, 0.3) is 12.2 Å². The van der Waals surface area contributed by atoms with Gasteiger partial charge in [-0.05, 0) is 42.3 Å². The smallest absolute Gasteiger partial charge is 0.336 e. The van der Waals surface area contributed by atoms with Crippen LogP contribution < -0.4 is 4.74 Å². The molecule has 3 nitrogen and oxygen atoms in total. The van der Waals surface area contributed by atoms with Crippen molar-refractivity contribution in [2.75, 3.05) is 0 Å². The Kier molecular flexibility index (Phi) is 6.32. The summed E-state index contributed by atoms with van der Waals surface area (Å²) in [6.45, 7) is 1.98. The summed E-state index contributed by atoms with van der Waals surface area (Å²) in [5.74, 6) is -0.0482. The lowest BCUT2D eigenvalue weighted by Gasteiger charge is -2.02. The lowest BCUT2D eigenvalue weighted by molar-refractivity contribution is -0.128. The number of aryl methyl sites for hydroxylation is 1. The molecule has 0 aliphatic rings. The highest BCUT2D eigenvalue weighted by Crippen LogP contribution is 2.14. The number of esters is 1. The fourth-order valence-electron chi connectivity index (χ4n) is 2.51. The van der Waals surface area contributed by atoms with Gasteiger partial charge < -0.3 is 4.74 Å². The van der Waals surface area contributed by atoms with Crippen molar-refractivity contribution in [2.24, 2.45) is 0 Å². The van der Waals surface area contributed by atoms with Gasteiger partial charge in [-0.1, -0.05) is 78.4 Å². The predicted molar refractivity (Wildman–Crippen MR) is 112 cm³/mol. The number of hydrogen-bond donors (Lipinski definition) is 0. The van der Waals surface area contributed by atoms with Crippen molar-refractivity contribution in [1.29, 1.82) is 0 Å². The summed E-state index contributed by atoms with van der Waals surface area (Å²) in [5, 5.41) is 0. The number of benzene rings is 3. The zero-order valence-corrected chi connectivity index (χ0v) is 15.5. The monoisotopic (exact) mass is 368 g/mol. The highest BCUT2D eigenvalue weighted by atomic mass is 16.5. The van der Waals surface area contributed by atoms with E-state index >= 15 is 0 Å². The van der Waals surface area contributed by atoms with Gasteiger partial charge in [-0.2, -0.15) is 0 Å². The van der Waals surface area contributed by atoms with E-state index in [0.29, 0.717) is 11.3 Å². The molecule has 0 N–H and O–H groups in total. The maximum Gasteiger partial charge on any atom is 0.336 e. The Labute approximate surface area is 164 Å². The van der Waals surface area contributed by atoms with Crippen molar-refractivity contribution >= 4 is 23.9 Å². The van der Waals surface area contributed by atoms with Gasteiger partial charge in [0.25, 0.3) is 0 Å². The molecule has 0 heterocycles. The van der Waals surface area contributed by atoms with Crippen molar-refractivity contribution in [1.82, 2.24) is 0 Å². The third-order valence-corrected chi connectivity index (χ3v) is 4.07. The molecule has 0 fully saturated rings. The molecule has 0 spiro atoms. The van der Waals surface area contributed by atoms with E-state index in [9.17, 15) is 9.59 Å². The lowest BCUT2D eigenvalue weighted by atomic mass is 10.1. The first-order valence-electron chi connectivity index (χ1n) is 8.94. The largest absolute Gasteiger partial charge is 0.423 e. The Bertz CT molecular complexity index is 996. The maximum absolute atomic E-state index is 12.2. The van der Waals surface area contributed by atoms with E-state index in [1.165, 1.54) is 12.2 Å². The zero-order valence-electron chi connectivity index (χ0n) is 15.5. The second-order valence-corrected chi connectivity index (χ2v) is 6.30. The molecule has 28 heavy (non-hydrogen) atoms. The van der Waals surface area contributed by atoms with Gasteiger partial charge in [0.1, 0.15) is 5.75 Å². The van der Waals surface area contributed by atoms with E-state index in [-0.39, 0.29) is 5.78 Å². The van der Waals surface area contributed by atoms with Crippen LogP contribution in [0.5, 0.6) is 5.75 Å². The van der Waals surface area contributed by atoms with Crippen LogP contribution >= 0.6 is 0 Å². The average Bonchev–Trinajstić information content (AvgIpc) is 2.73. The van der Waals surface area contributed by atoms with Crippen LogP contribution in [0, 0.1) is 6.92 Å². The zero-order chi connectivity index (χ0) is 19.8. The van der Waals surface area contributed by atoms with E-state index in [1.807, 2.05) is 61.5 Å². The Hall–Kier alpha value is -3.72. The number of carbonyl (C=O) groups is 2. The Morgan fingerprint density at radius 2 is 1.32 bits per heavy atom. The standard InChI is InChI=1S/C25H20O3/c1-19-7-13-22(14-8-19)24(26)17-11-21-9-15-23(16-10-21)28-25(27)18-12-20-5-3-2-4-6-20/h2-18H,1H3/b17-11+,18-12+. The molecule has 0 aliphatic carbocycles. The molecule has 3 rings (SSSR count). The summed E-state index contributed by atoms with van der Waals surface area (Å²) in [6.07, 6.45) is 6.37. The van der Waals surface area contributed by atoms with Gasteiger partial charge >= 0.3 is 5.97 Å². The normalized spacial score (nSPS) is 11.0. The lowest BCUT2D eigenvalue weighted by Crippen LogP contribution is -2.03. The highest BCUT2D eigenvalue weighted by Gasteiger charge is 2.02. The minimum absolute atomic E-state index is 0.0541. The van der Waals surface area contributed by atoms with Crippen LogP contribution in [-0.4, -0.2) is 11.8 Å². The minimum atomic E-state index is -0.443. The second-order valence-electron chi connectivity index (χ2n) is 6.30. The summed E-state index contributed by atoms with van der Waals surface area (Å²) in [5.41, 5.74) is 3.54. The second kappa shape index (κ2) is 9.28. The number of ketones is 1. The number of ether oxygens (including phenoxy) is 1. The molecule has 0 atom stereocenters. The fraction of sp³-hybridized carbons (Fsp3) is 0.0400. The molecule has 0 aromatic heterocycles. The van der Waals surface area contributed by atoms with Crippen LogP contribution in [0.3, 0.4) is 0 Å². The van der Waals surface area contributed by atoms with Gasteiger partial charge in [0.2, 0.25) is 0 Å². The minimum Gasteiger partial charge on any atom is -0.423 e. The van der Waals surface area contributed by atoms with Gasteiger partial charge in [0.15, 0.2) is 5.78 Å². The molecular weight excluding hydrogens is 348 g/mol. The van der Waals surface area contributed by atoms with Gasteiger partial charge in [-0.25, -0.2) is 4.79 Å². The number of hydrogen-bond acceptors (Lipinski definition) is 3. The molecule has 0 amide bonds. The average molecular weight is 368 g/mol. The first-order valence-corrected chi connectivity index (χ1v) is 8.94. The summed E-state index contributed by atoms with van der Waals surface area (Å²) in [7, 11) is 0. The first kappa shape index (κ1) is 19.1. The number of rotatable bonds is 6. The Morgan fingerprint density at radius 3 is 2.00 bits per heavy atom. The third-order valence-electron chi connectivity index (χ3n) is 4.07. The molecule has 0 saturated carbocycles. The van der Waals surface area contributed by atoms with Crippen molar-refractivity contribution in [3.8, 4) is 5.75 Å². The quantitative estimate of drug-likeness (QED) is 0.249. The van der Waals surface area contributed by atoms with Crippen LogP contribution in [0.15, 0.2) is 91.0 Å². The third kappa shape index (κ3) is 5.64. The van der Waals surface area contributed by atoms with Crippen molar-refractivity contribution in [2.45, 2.75) is 6.92 Å². The van der Waals surface area contributed by atoms with E-state index < -0.39 is 5.97 Å². The summed E-state index contributed by atoms with van der Waals surface area (Å²) in [4.78, 5) is 24.1.